The molecule has 254 valence electrons. The second-order valence-corrected chi connectivity index (χ2v) is 14.8. The molecule has 0 amide bonds. The summed E-state index contributed by atoms with van der Waals surface area (Å²) in [5.41, 5.74) is 4.40. The number of aliphatic hydroxyl groups excluding tert-OH is 1. The summed E-state index contributed by atoms with van der Waals surface area (Å²) >= 11 is 0. The Labute approximate surface area is 277 Å². The number of hydrogen-bond acceptors (Lipinski definition) is 6. The van der Waals surface area contributed by atoms with Gasteiger partial charge in [0.05, 0.1) is 29.7 Å². The standard InChI is InChI=1S/C37H42F3N5O3/c1-3-48-34(47)33(32-30-5-4-12-44(30)22-41-32)45-16-28-29(37(38,39)40)15-27(23(2)31(28)42-45)25-6-8-26(9-7-25)36-18-35(19-36,20-36)21-43-13-10-24(17-46)11-14-43/h6-9,15-16,22,24,33,46H,3-5,10-14,17-21H2,1-2H3. The van der Waals surface area contributed by atoms with Crippen molar-refractivity contribution in [2.24, 2.45) is 11.3 Å². The summed E-state index contributed by atoms with van der Waals surface area (Å²) in [6, 6.07) is 8.22. The third-order valence-electron chi connectivity index (χ3n) is 11.7. The molecule has 1 unspecified atom stereocenters. The van der Waals surface area contributed by atoms with E-state index < -0.39 is 23.8 Å². The highest BCUT2D eigenvalue weighted by molar-refractivity contribution is 5.92. The van der Waals surface area contributed by atoms with Crippen molar-refractivity contribution in [1.82, 2.24) is 24.2 Å². The molecule has 1 saturated heterocycles. The van der Waals surface area contributed by atoms with Crippen LogP contribution in [0.2, 0.25) is 0 Å². The minimum Gasteiger partial charge on any atom is -0.464 e. The van der Waals surface area contributed by atoms with Gasteiger partial charge in [-0.05, 0) is 117 Å². The third-order valence-corrected chi connectivity index (χ3v) is 11.7. The lowest BCUT2D eigenvalue weighted by atomic mass is 9.33. The largest absolute Gasteiger partial charge is 0.464 e. The van der Waals surface area contributed by atoms with Gasteiger partial charge >= 0.3 is 12.1 Å². The molecule has 4 fully saturated rings. The van der Waals surface area contributed by atoms with Crippen LogP contribution in [0, 0.1) is 18.3 Å². The number of benzene rings is 2. The Morgan fingerprint density at radius 3 is 2.52 bits per heavy atom. The van der Waals surface area contributed by atoms with Gasteiger partial charge in [-0.25, -0.2) is 9.78 Å². The van der Waals surface area contributed by atoms with Crippen LogP contribution in [0.1, 0.15) is 79.6 Å². The predicted molar refractivity (Wildman–Crippen MR) is 174 cm³/mol. The SMILES string of the molecule is CCOC(=O)C(c1ncn2c1CCC2)n1cc2c(C(F)(F)F)cc(-c3ccc(C45CC(CN6CCC(CO)CC6)(C4)C5)cc3)c(C)c2n1. The molecule has 2 aliphatic heterocycles. The number of nitrogens with zero attached hydrogens (tertiary/aromatic N) is 5. The summed E-state index contributed by atoms with van der Waals surface area (Å²) in [5, 5.41) is 14.1. The van der Waals surface area contributed by atoms with Crippen molar-refractivity contribution in [1.29, 1.82) is 0 Å². The highest BCUT2D eigenvalue weighted by Gasteiger charge is 2.68. The molecule has 5 aliphatic rings. The van der Waals surface area contributed by atoms with Crippen molar-refractivity contribution in [2.45, 2.75) is 83.0 Å². The van der Waals surface area contributed by atoms with Crippen molar-refractivity contribution in [3.8, 4) is 11.1 Å². The van der Waals surface area contributed by atoms with Crippen LogP contribution in [0.15, 0.2) is 42.9 Å². The van der Waals surface area contributed by atoms with Gasteiger partial charge in [0.15, 0.2) is 6.04 Å². The second kappa shape index (κ2) is 11.4. The second-order valence-electron chi connectivity index (χ2n) is 14.8. The lowest BCUT2D eigenvalue weighted by molar-refractivity contribution is -0.158. The average molecular weight is 662 g/mol. The van der Waals surface area contributed by atoms with Gasteiger partial charge in [-0.1, -0.05) is 24.3 Å². The zero-order valence-corrected chi connectivity index (χ0v) is 27.5. The van der Waals surface area contributed by atoms with Crippen LogP contribution in [0.4, 0.5) is 13.2 Å². The maximum Gasteiger partial charge on any atom is 0.417 e. The van der Waals surface area contributed by atoms with Gasteiger partial charge in [-0.15, -0.1) is 0 Å². The quantitative estimate of drug-likeness (QED) is 0.208. The molecule has 3 aliphatic carbocycles. The first-order valence-corrected chi connectivity index (χ1v) is 17.3. The third kappa shape index (κ3) is 5.07. The molecular formula is C37H42F3N5O3. The number of rotatable bonds is 9. The number of piperidine rings is 1. The fourth-order valence-electron chi connectivity index (χ4n) is 9.37. The molecule has 3 saturated carbocycles. The summed E-state index contributed by atoms with van der Waals surface area (Å²) in [6.07, 6.45) is 5.61. The zero-order valence-electron chi connectivity index (χ0n) is 27.5. The normalized spacial score (nSPS) is 24.7. The number of ether oxygens (including phenoxy) is 1. The maximum absolute atomic E-state index is 14.6. The van der Waals surface area contributed by atoms with Gasteiger partial charge in [0.2, 0.25) is 0 Å². The van der Waals surface area contributed by atoms with Crippen molar-refractivity contribution < 1.29 is 27.8 Å². The average Bonchev–Trinajstić information content (AvgIpc) is 3.77. The van der Waals surface area contributed by atoms with E-state index in [0.717, 1.165) is 76.8 Å². The Morgan fingerprint density at radius 1 is 1.12 bits per heavy atom. The fraction of sp³-hybridized carbons (Fsp3) is 0.541. The Kier molecular flexibility index (Phi) is 7.52. The van der Waals surface area contributed by atoms with E-state index in [-0.39, 0.29) is 29.5 Å². The highest BCUT2D eigenvalue weighted by Crippen LogP contribution is 2.73. The van der Waals surface area contributed by atoms with E-state index in [1.165, 1.54) is 22.5 Å². The molecule has 0 radical (unpaired) electrons. The molecule has 8 nitrogen and oxygen atoms in total. The smallest absolute Gasteiger partial charge is 0.417 e. The first-order chi connectivity index (χ1) is 23.0. The van der Waals surface area contributed by atoms with Crippen LogP contribution in [-0.4, -0.2) is 68.2 Å². The van der Waals surface area contributed by atoms with Crippen molar-refractivity contribution >= 4 is 16.9 Å². The predicted octanol–water partition coefficient (Wildman–Crippen LogP) is 6.45. The maximum atomic E-state index is 14.6. The first kappa shape index (κ1) is 31.6. The fourth-order valence-corrected chi connectivity index (χ4v) is 9.37. The number of carbonyl (C=O) groups excluding carboxylic acids is 1. The van der Waals surface area contributed by atoms with Gasteiger partial charge in [0.25, 0.3) is 0 Å². The topological polar surface area (TPSA) is 85.4 Å². The molecule has 4 aromatic rings. The van der Waals surface area contributed by atoms with E-state index in [1.807, 2.05) is 16.7 Å². The monoisotopic (exact) mass is 661 g/mol. The summed E-state index contributed by atoms with van der Waals surface area (Å²) in [4.78, 5) is 20.4. The van der Waals surface area contributed by atoms with E-state index >= 15 is 0 Å². The molecule has 2 bridgehead atoms. The molecule has 1 atom stereocenters. The van der Waals surface area contributed by atoms with Gasteiger partial charge < -0.3 is 19.3 Å². The Hall–Kier alpha value is -3.70. The Morgan fingerprint density at radius 2 is 1.85 bits per heavy atom. The van der Waals surface area contributed by atoms with Gasteiger partial charge in [0, 0.05) is 37.0 Å². The number of carbonyl (C=O) groups is 1. The zero-order chi connectivity index (χ0) is 33.4. The van der Waals surface area contributed by atoms with Crippen LogP contribution in [0.5, 0.6) is 0 Å². The highest BCUT2D eigenvalue weighted by atomic mass is 19.4. The number of fused-ring (bicyclic) bond motifs is 2. The lowest BCUT2D eigenvalue weighted by Gasteiger charge is -2.72. The number of aliphatic hydroxyl groups is 1. The summed E-state index contributed by atoms with van der Waals surface area (Å²) < 4.78 is 52.6. The molecule has 1 N–H and O–H groups in total. The van der Waals surface area contributed by atoms with Gasteiger partial charge in [-0.3, -0.25) is 4.68 Å². The molecule has 4 heterocycles. The number of aryl methyl sites for hydroxylation is 2. The number of halogens is 3. The molecule has 2 aromatic carbocycles. The molecule has 11 heteroatoms. The summed E-state index contributed by atoms with van der Waals surface area (Å²) in [7, 11) is 0. The van der Waals surface area contributed by atoms with E-state index in [0.29, 0.717) is 33.7 Å². The minimum atomic E-state index is -4.63. The minimum absolute atomic E-state index is 0.0507. The lowest BCUT2D eigenvalue weighted by Crippen LogP contribution is -2.68. The number of imidazole rings is 1. The molecular weight excluding hydrogens is 619 g/mol. The van der Waals surface area contributed by atoms with E-state index in [4.69, 9.17) is 4.74 Å². The van der Waals surface area contributed by atoms with Crippen LogP contribution in [0.3, 0.4) is 0 Å². The Balaban J connectivity index is 1.08. The van der Waals surface area contributed by atoms with Crippen molar-refractivity contribution in [3.63, 3.8) is 0 Å². The van der Waals surface area contributed by atoms with E-state index in [2.05, 4.69) is 27.1 Å². The molecule has 48 heavy (non-hydrogen) atoms. The number of likely N-dealkylation sites (tertiary alicyclic amines) is 1. The Bertz CT molecular complexity index is 1850. The van der Waals surface area contributed by atoms with Crippen LogP contribution in [0.25, 0.3) is 22.0 Å². The molecule has 2 aromatic heterocycles. The van der Waals surface area contributed by atoms with Gasteiger partial charge in [-0.2, -0.15) is 18.3 Å². The van der Waals surface area contributed by atoms with Gasteiger partial charge in [0.1, 0.15) is 0 Å². The van der Waals surface area contributed by atoms with Crippen LogP contribution in [-0.2, 0) is 34.1 Å². The van der Waals surface area contributed by atoms with Crippen molar-refractivity contribution in [2.75, 3.05) is 32.8 Å². The van der Waals surface area contributed by atoms with Crippen LogP contribution < -0.4 is 0 Å². The van der Waals surface area contributed by atoms with Crippen LogP contribution >= 0.6 is 0 Å². The summed E-state index contributed by atoms with van der Waals surface area (Å²) in [5.74, 6) is -0.155. The number of alkyl halides is 3. The number of aromatic nitrogens is 4. The van der Waals surface area contributed by atoms with E-state index in [9.17, 15) is 23.1 Å². The number of esters is 1. The first-order valence-electron chi connectivity index (χ1n) is 17.3. The van der Waals surface area contributed by atoms with Crippen molar-refractivity contribution in [3.05, 3.63) is 70.9 Å². The molecule has 9 rings (SSSR count). The molecule has 0 spiro atoms. The summed E-state index contributed by atoms with van der Waals surface area (Å²) in [6.45, 7) is 7.94. The van der Waals surface area contributed by atoms with E-state index in [1.54, 1.807) is 20.2 Å². The number of hydrogen-bond donors (Lipinski definition) is 1.